The standard InChI is InChI=1S/C20H26N4O3/c1-12(2)27-20(26)23-10-13(3)24(15(5)25)18-8-7-16(9-19(18)23)17-11-22(6)21-14(17)4/h7-9,11-13H,10H2,1-6H3/t13-/m0/s1. The van der Waals surface area contributed by atoms with E-state index in [1.165, 1.54) is 0 Å². The lowest BCUT2D eigenvalue weighted by Crippen LogP contribution is -2.51. The molecule has 0 N–H and O–H groups in total. The molecule has 0 spiro atoms. The fourth-order valence-electron chi connectivity index (χ4n) is 3.59. The predicted octanol–water partition coefficient (Wildman–Crippen LogP) is 3.50. The van der Waals surface area contributed by atoms with Crippen LogP contribution in [0.15, 0.2) is 24.4 Å². The minimum Gasteiger partial charge on any atom is -0.446 e. The minimum absolute atomic E-state index is 0.0501. The third kappa shape index (κ3) is 3.54. The third-order valence-electron chi connectivity index (χ3n) is 4.63. The molecule has 2 amide bonds. The van der Waals surface area contributed by atoms with Gasteiger partial charge in [0.1, 0.15) is 0 Å². The zero-order chi connectivity index (χ0) is 19.9. The van der Waals surface area contributed by atoms with E-state index in [0.717, 1.165) is 16.8 Å². The van der Waals surface area contributed by atoms with Gasteiger partial charge in [-0.15, -0.1) is 0 Å². The van der Waals surface area contributed by atoms with Gasteiger partial charge in [0.25, 0.3) is 0 Å². The zero-order valence-electron chi connectivity index (χ0n) is 16.7. The first kappa shape index (κ1) is 18.9. The second-order valence-electron chi connectivity index (χ2n) is 7.29. The summed E-state index contributed by atoms with van der Waals surface area (Å²) < 4.78 is 7.19. The van der Waals surface area contributed by atoms with E-state index in [4.69, 9.17) is 4.74 Å². The molecule has 27 heavy (non-hydrogen) atoms. The van der Waals surface area contributed by atoms with Gasteiger partial charge in [-0.3, -0.25) is 14.4 Å². The Kier molecular flexibility index (Phi) is 4.95. The number of aromatic nitrogens is 2. The predicted molar refractivity (Wildman–Crippen MR) is 105 cm³/mol. The summed E-state index contributed by atoms with van der Waals surface area (Å²) in [6.45, 7) is 9.45. The van der Waals surface area contributed by atoms with Crippen LogP contribution in [-0.4, -0.2) is 40.5 Å². The van der Waals surface area contributed by atoms with Crippen molar-refractivity contribution in [2.45, 2.75) is 46.8 Å². The molecule has 7 heteroatoms. The monoisotopic (exact) mass is 370 g/mol. The second-order valence-corrected chi connectivity index (χ2v) is 7.29. The molecular weight excluding hydrogens is 344 g/mol. The molecule has 144 valence electrons. The van der Waals surface area contributed by atoms with Gasteiger partial charge in [-0.2, -0.15) is 5.10 Å². The number of aryl methyl sites for hydroxylation is 2. The molecule has 1 atom stereocenters. The number of amides is 2. The molecule has 0 unspecified atom stereocenters. The molecule has 1 aromatic carbocycles. The van der Waals surface area contributed by atoms with Crippen LogP contribution in [0.5, 0.6) is 0 Å². The Bertz CT molecular complexity index is 887. The number of fused-ring (bicyclic) bond motifs is 1. The van der Waals surface area contributed by atoms with Crippen LogP contribution in [0.3, 0.4) is 0 Å². The number of hydrogen-bond donors (Lipinski definition) is 0. The van der Waals surface area contributed by atoms with Gasteiger partial charge in [0.2, 0.25) is 5.91 Å². The van der Waals surface area contributed by atoms with E-state index in [2.05, 4.69) is 5.10 Å². The Labute approximate surface area is 159 Å². The lowest BCUT2D eigenvalue weighted by molar-refractivity contribution is -0.117. The van der Waals surface area contributed by atoms with Crippen molar-refractivity contribution in [2.75, 3.05) is 16.3 Å². The van der Waals surface area contributed by atoms with E-state index in [-0.39, 0.29) is 18.1 Å². The van der Waals surface area contributed by atoms with E-state index >= 15 is 0 Å². The maximum absolute atomic E-state index is 12.7. The smallest absolute Gasteiger partial charge is 0.414 e. The van der Waals surface area contributed by atoms with E-state index in [1.807, 2.05) is 59.1 Å². The van der Waals surface area contributed by atoms with E-state index in [1.54, 1.807) is 21.4 Å². The quantitative estimate of drug-likeness (QED) is 0.811. The summed E-state index contributed by atoms with van der Waals surface area (Å²) in [5, 5.41) is 4.40. The van der Waals surface area contributed by atoms with Gasteiger partial charge in [-0.25, -0.2) is 4.79 Å². The van der Waals surface area contributed by atoms with Crippen LogP contribution >= 0.6 is 0 Å². The summed E-state index contributed by atoms with van der Waals surface area (Å²) in [6.07, 6.45) is 1.33. The first-order chi connectivity index (χ1) is 12.7. The van der Waals surface area contributed by atoms with E-state index in [9.17, 15) is 9.59 Å². The molecule has 0 fully saturated rings. The van der Waals surface area contributed by atoms with Crippen molar-refractivity contribution in [3.8, 4) is 11.1 Å². The van der Waals surface area contributed by atoms with Crippen LogP contribution in [0, 0.1) is 6.92 Å². The van der Waals surface area contributed by atoms with Crippen molar-refractivity contribution < 1.29 is 14.3 Å². The lowest BCUT2D eigenvalue weighted by Gasteiger charge is -2.40. The summed E-state index contributed by atoms with van der Waals surface area (Å²) in [6, 6.07) is 5.65. The topological polar surface area (TPSA) is 67.7 Å². The first-order valence-electron chi connectivity index (χ1n) is 9.11. The normalized spacial score (nSPS) is 16.5. The third-order valence-corrected chi connectivity index (χ3v) is 4.63. The van der Waals surface area contributed by atoms with Crippen LogP contribution < -0.4 is 9.80 Å². The van der Waals surface area contributed by atoms with Gasteiger partial charge in [0, 0.05) is 32.3 Å². The Balaban J connectivity index is 2.12. The highest BCUT2D eigenvalue weighted by atomic mass is 16.6. The largest absolute Gasteiger partial charge is 0.446 e. The summed E-state index contributed by atoms with van der Waals surface area (Å²) in [7, 11) is 1.88. The molecule has 2 aromatic rings. The van der Waals surface area contributed by atoms with Crippen molar-refractivity contribution in [1.82, 2.24) is 9.78 Å². The lowest BCUT2D eigenvalue weighted by atomic mass is 10.0. The van der Waals surface area contributed by atoms with Crippen LogP contribution in [0.2, 0.25) is 0 Å². The highest BCUT2D eigenvalue weighted by Crippen LogP contribution is 2.39. The highest BCUT2D eigenvalue weighted by Gasteiger charge is 2.35. The maximum atomic E-state index is 12.7. The number of nitrogens with zero attached hydrogens (tertiary/aromatic N) is 4. The van der Waals surface area contributed by atoms with Crippen LogP contribution in [-0.2, 0) is 16.6 Å². The molecule has 0 saturated carbocycles. The molecule has 0 saturated heterocycles. The van der Waals surface area contributed by atoms with Gasteiger partial charge < -0.3 is 9.64 Å². The number of anilines is 2. The highest BCUT2D eigenvalue weighted by molar-refractivity contribution is 6.03. The van der Waals surface area contributed by atoms with Crippen LogP contribution in [0.1, 0.15) is 33.4 Å². The number of hydrogen-bond acceptors (Lipinski definition) is 4. The fourth-order valence-corrected chi connectivity index (χ4v) is 3.59. The molecule has 3 rings (SSSR count). The summed E-state index contributed by atoms with van der Waals surface area (Å²) in [5.41, 5.74) is 4.23. The molecule has 1 aliphatic rings. The number of carbonyl (C=O) groups excluding carboxylic acids is 2. The van der Waals surface area contributed by atoms with Gasteiger partial charge in [0.05, 0.1) is 29.2 Å². The molecular formula is C20H26N4O3. The molecule has 1 aliphatic heterocycles. The number of rotatable bonds is 2. The Hall–Kier alpha value is -2.83. The van der Waals surface area contributed by atoms with Gasteiger partial charge in [0.15, 0.2) is 0 Å². The van der Waals surface area contributed by atoms with Crippen molar-refractivity contribution in [3.05, 3.63) is 30.1 Å². The maximum Gasteiger partial charge on any atom is 0.414 e. The molecule has 0 radical (unpaired) electrons. The van der Waals surface area contributed by atoms with Crippen LogP contribution in [0.4, 0.5) is 16.2 Å². The molecule has 0 aliphatic carbocycles. The molecule has 1 aromatic heterocycles. The average molecular weight is 370 g/mol. The van der Waals surface area contributed by atoms with Crippen molar-refractivity contribution >= 4 is 23.4 Å². The fraction of sp³-hybridized carbons (Fsp3) is 0.450. The number of ether oxygens (including phenoxy) is 1. The molecule has 0 bridgehead atoms. The Morgan fingerprint density at radius 3 is 2.52 bits per heavy atom. The number of benzene rings is 1. The van der Waals surface area contributed by atoms with Crippen molar-refractivity contribution in [3.63, 3.8) is 0 Å². The van der Waals surface area contributed by atoms with E-state index < -0.39 is 6.09 Å². The van der Waals surface area contributed by atoms with Crippen molar-refractivity contribution in [2.24, 2.45) is 7.05 Å². The Morgan fingerprint density at radius 2 is 1.96 bits per heavy atom. The SMILES string of the molecule is CC(=O)N1c2ccc(-c3cn(C)nc3C)cc2N(C(=O)OC(C)C)C[C@@H]1C. The van der Waals surface area contributed by atoms with Gasteiger partial charge >= 0.3 is 6.09 Å². The van der Waals surface area contributed by atoms with Crippen LogP contribution in [0.25, 0.3) is 11.1 Å². The van der Waals surface area contributed by atoms with E-state index in [0.29, 0.717) is 17.9 Å². The first-order valence-corrected chi connectivity index (χ1v) is 9.11. The van der Waals surface area contributed by atoms with Gasteiger partial charge in [-0.05, 0) is 45.4 Å². The molecule has 7 nitrogen and oxygen atoms in total. The summed E-state index contributed by atoms with van der Waals surface area (Å²) in [5.74, 6) is -0.0501. The summed E-state index contributed by atoms with van der Waals surface area (Å²) >= 11 is 0. The summed E-state index contributed by atoms with van der Waals surface area (Å²) in [4.78, 5) is 28.3. The minimum atomic E-state index is -0.402. The Morgan fingerprint density at radius 1 is 1.26 bits per heavy atom. The number of carbonyl (C=O) groups is 2. The second kappa shape index (κ2) is 7.06. The van der Waals surface area contributed by atoms with Crippen molar-refractivity contribution in [1.29, 1.82) is 0 Å². The zero-order valence-corrected chi connectivity index (χ0v) is 16.7. The average Bonchev–Trinajstić information content (AvgIpc) is 2.91. The van der Waals surface area contributed by atoms with Gasteiger partial charge in [-0.1, -0.05) is 6.07 Å². The molecule has 2 heterocycles.